The molecule has 18 heavy (non-hydrogen) atoms. The Morgan fingerprint density at radius 2 is 1.72 bits per heavy atom. The van der Waals surface area contributed by atoms with Crippen molar-refractivity contribution in [2.75, 3.05) is 26.3 Å². The average molecular weight is 273 g/mol. The lowest BCUT2D eigenvalue weighted by molar-refractivity contribution is 0.0303. The number of amides is 1. The standard InChI is InChI=1S/C11H12FNO4S/c12-18(15,16)10-3-1-9(2-4-10)11(14)13-5-7-17-8-6-13/h1-4H,5-8H2. The Hall–Kier alpha value is -1.47. The normalized spacial score (nSPS) is 16.6. The second-order valence-electron chi connectivity index (χ2n) is 3.87. The minimum Gasteiger partial charge on any atom is -0.378 e. The summed E-state index contributed by atoms with van der Waals surface area (Å²) in [5, 5.41) is 0. The Labute approximate surface area is 104 Å². The molecule has 0 aromatic heterocycles. The van der Waals surface area contributed by atoms with Gasteiger partial charge in [0, 0.05) is 18.7 Å². The minimum absolute atomic E-state index is 0.207. The number of rotatable bonds is 2. The molecule has 1 heterocycles. The van der Waals surface area contributed by atoms with Crippen LogP contribution in [0.5, 0.6) is 0 Å². The summed E-state index contributed by atoms with van der Waals surface area (Å²) in [6, 6.07) is 4.79. The van der Waals surface area contributed by atoms with Crippen molar-refractivity contribution in [1.29, 1.82) is 0 Å². The van der Waals surface area contributed by atoms with Crippen molar-refractivity contribution in [2.45, 2.75) is 4.90 Å². The molecule has 0 saturated carbocycles. The van der Waals surface area contributed by atoms with Crippen molar-refractivity contribution in [3.05, 3.63) is 29.8 Å². The molecule has 2 rings (SSSR count). The zero-order valence-electron chi connectivity index (χ0n) is 9.50. The molecule has 7 heteroatoms. The molecule has 1 saturated heterocycles. The van der Waals surface area contributed by atoms with Gasteiger partial charge in [-0.2, -0.15) is 8.42 Å². The summed E-state index contributed by atoms with van der Waals surface area (Å²) < 4.78 is 39.1. The Kier molecular flexibility index (Phi) is 3.63. The van der Waals surface area contributed by atoms with Crippen LogP contribution >= 0.6 is 0 Å². The molecule has 0 unspecified atom stereocenters. The summed E-state index contributed by atoms with van der Waals surface area (Å²) in [7, 11) is -4.72. The lowest BCUT2D eigenvalue weighted by atomic mass is 10.2. The number of ether oxygens (including phenoxy) is 1. The molecule has 0 atom stereocenters. The van der Waals surface area contributed by atoms with Crippen molar-refractivity contribution < 1.29 is 21.8 Å². The Morgan fingerprint density at radius 1 is 1.17 bits per heavy atom. The quantitative estimate of drug-likeness (QED) is 0.748. The van der Waals surface area contributed by atoms with Gasteiger partial charge >= 0.3 is 10.2 Å². The number of morpholine rings is 1. The van der Waals surface area contributed by atoms with Gasteiger partial charge in [-0.3, -0.25) is 4.79 Å². The fourth-order valence-corrected chi connectivity index (χ4v) is 2.17. The molecule has 1 amide bonds. The van der Waals surface area contributed by atoms with Crippen LogP contribution in [0.25, 0.3) is 0 Å². The summed E-state index contributed by atoms with van der Waals surface area (Å²) in [5.74, 6) is -0.207. The molecular weight excluding hydrogens is 261 g/mol. The van der Waals surface area contributed by atoms with E-state index in [0.717, 1.165) is 12.1 Å². The van der Waals surface area contributed by atoms with Crippen molar-refractivity contribution in [1.82, 2.24) is 4.90 Å². The second kappa shape index (κ2) is 5.03. The topological polar surface area (TPSA) is 63.7 Å². The van der Waals surface area contributed by atoms with E-state index in [-0.39, 0.29) is 5.91 Å². The van der Waals surface area contributed by atoms with Crippen molar-refractivity contribution >= 4 is 16.1 Å². The molecule has 1 aromatic rings. The Bertz CT molecular complexity index is 535. The first-order valence-corrected chi connectivity index (χ1v) is 6.78. The van der Waals surface area contributed by atoms with Crippen LogP contribution in [0.2, 0.25) is 0 Å². The van der Waals surface area contributed by atoms with Gasteiger partial charge in [-0.1, -0.05) is 0 Å². The van der Waals surface area contributed by atoms with Crippen LogP contribution in [0.1, 0.15) is 10.4 Å². The SMILES string of the molecule is O=C(c1ccc(S(=O)(=O)F)cc1)N1CCOCC1. The number of halogens is 1. The van der Waals surface area contributed by atoms with Crippen LogP contribution < -0.4 is 0 Å². The molecule has 5 nitrogen and oxygen atoms in total. The smallest absolute Gasteiger partial charge is 0.332 e. The van der Waals surface area contributed by atoms with Crippen LogP contribution in [0, 0.1) is 0 Å². The monoisotopic (exact) mass is 273 g/mol. The van der Waals surface area contributed by atoms with Crippen LogP contribution in [-0.2, 0) is 15.0 Å². The zero-order chi connectivity index (χ0) is 13.2. The summed E-state index contributed by atoms with van der Waals surface area (Å²) in [6.07, 6.45) is 0. The molecule has 1 aliphatic heterocycles. The third-order valence-electron chi connectivity index (χ3n) is 2.68. The summed E-state index contributed by atoms with van der Waals surface area (Å²) in [6.45, 7) is 1.98. The van der Waals surface area contributed by atoms with E-state index in [0.29, 0.717) is 31.9 Å². The van der Waals surface area contributed by atoms with E-state index in [1.165, 1.54) is 12.1 Å². The van der Waals surface area contributed by atoms with Gasteiger partial charge in [0.2, 0.25) is 0 Å². The third-order valence-corrected chi connectivity index (χ3v) is 3.52. The maximum atomic E-state index is 12.7. The van der Waals surface area contributed by atoms with Crippen LogP contribution in [-0.4, -0.2) is 45.5 Å². The lowest BCUT2D eigenvalue weighted by Gasteiger charge is -2.26. The van der Waals surface area contributed by atoms with E-state index < -0.39 is 15.1 Å². The maximum Gasteiger partial charge on any atom is 0.332 e. The fraction of sp³-hybridized carbons (Fsp3) is 0.364. The van der Waals surface area contributed by atoms with Gasteiger partial charge in [-0.25, -0.2) is 0 Å². The van der Waals surface area contributed by atoms with Crippen molar-refractivity contribution in [2.24, 2.45) is 0 Å². The molecular formula is C11H12FNO4S. The van der Waals surface area contributed by atoms with Gasteiger partial charge in [-0.05, 0) is 24.3 Å². The van der Waals surface area contributed by atoms with Gasteiger partial charge in [0.1, 0.15) is 0 Å². The van der Waals surface area contributed by atoms with Crippen molar-refractivity contribution in [3.8, 4) is 0 Å². The summed E-state index contributed by atoms with van der Waals surface area (Å²) in [4.78, 5) is 13.2. The van der Waals surface area contributed by atoms with Crippen LogP contribution in [0.4, 0.5) is 3.89 Å². The summed E-state index contributed by atoms with van der Waals surface area (Å²) >= 11 is 0. The number of carbonyl (C=O) groups is 1. The molecule has 1 fully saturated rings. The number of nitrogens with zero attached hydrogens (tertiary/aromatic N) is 1. The highest BCUT2D eigenvalue weighted by molar-refractivity contribution is 7.86. The summed E-state index contributed by atoms with van der Waals surface area (Å²) in [5.41, 5.74) is 0.337. The van der Waals surface area contributed by atoms with E-state index in [4.69, 9.17) is 4.74 Å². The van der Waals surface area contributed by atoms with Crippen LogP contribution in [0.3, 0.4) is 0 Å². The van der Waals surface area contributed by atoms with Gasteiger partial charge in [0.25, 0.3) is 5.91 Å². The first kappa shape index (κ1) is 13.0. The minimum atomic E-state index is -4.72. The molecule has 1 aromatic carbocycles. The fourth-order valence-electron chi connectivity index (χ4n) is 1.71. The molecule has 0 bridgehead atoms. The molecule has 1 aliphatic rings. The van der Waals surface area contributed by atoms with Crippen LogP contribution in [0.15, 0.2) is 29.2 Å². The molecule has 0 aliphatic carbocycles. The van der Waals surface area contributed by atoms with E-state index >= 15 is 0 Å². The zero-order valence-corrected chi connectivity index (χ0v) is 10.3. The third kappa shape index (κ3) is 2.85. The van der Waals surface area contributed by atoms with E-state index in [1.807, 2.05) is 0 Å². The largest absolute Gasteiger partial charge is 0.378 e. The Morgan fingerprint density at radius 3 is 2.22 bits per heavy atom. The molecule has 0 radical (unpaired) electrons. The lowest BCUT2D eigenvalue weighted by Crippen LogP contribution is -2.40. The first-order chi connectivity index (χ1) is 8.48. The molecule has 98 valence electrons. The molecule has 0 spiro atoms. The Balaban J connectivity index is 2.16. The van der Waals surface area contributed by atoms with Gasteiger partial charge in [0.05, 0.1) is 18.1 Å². The highest BCUT2D eigenvalue weighted by Gasteiger charge is 2.19. The van der Waals surface area contributed by atoms with Gasteiger partial charge in [0.15, 0.2) is 0 Å². The second-order valence-corrected chi connectivity index (χ2v) is 5.21. The average Bonchev–Trinajstić information content (AvgIpc) is 2.38. The predicted octanol–water partition coefficient (Wildman–Crippen LogP) is 0.817. The highest BCUT2D eigenvalue weighted by Crippen LogP contribution is 2.14. The van der Waals surface area contributed by atoms with Crippen molar-refractivity contribution in [3.63, 3.8) is 0 Å². The maximum absolute atomic E-state index is 12.7. The predicted molar refractivity (Wildman–Crippen MR) is 61.5 cm³/mol. The van der Waals surface area contributed by atoms with Gasteiger partial charge in [-0.15, -0.1) is 3.89 Å². The van der Waals surface area contributed by atoms with E-state index in [1.54, 1.807) is 4.90 Å². The first-order valence-electron chi connectivity index (χ1n) is 5.40. The van der Waals surface area contributed by atoms with Gasteiger partial charge < -0.3 is 9.64 Å². The highest BCUT2D eigenvalue weighted by atomic mass is 32.3. The van der Waals surface area contributed by atoms with E-state index in [2.05, 4.69) is 0 Å². The number of carbonyl (C=O) groups excluding carboxylic acids is 1. The number of hydrogen-bond acceptors (Lipinski definition) is 4. The number of benzene rings is 1. The number of hydrogen-bond donors (Lipinski definition) is 0. The molecule has 0 N–H and O–H groups in total. The van der Waals surface area contributed by atoms with E-state index in [9.17, 15) is 17.1 Å².